The van der Waals surface area contributed by atoms with Crippen LogP contribution in [-0.2, 0) is 22.7 Å². The Morgan fingerprint density at radius 2 is 1.62 bits per heavy atom. The number of carboxylic acid groups (broad SMARTS) is 1. The predicted octanol–water partition coefficient (Wildman–Crippen LogP) is 5.63. The molecule has 8 heteroatoms. The topological polar surface area (TPSA) is 77.4 Å². The van der Waals surface area contributed by atoms with Crippen molar-refractivity contribution in [3.63, 3.8) is 0 Å². The van der Waals surface area contributed by atoms with Gasteiger partial charge in [-0.25, -0.2) is 4.79 Å². The summed E-state index contributed by atoms with van der Waals surface area (Å²) in [6, 6.07) is 20.0. The van der Waals surface area contributed by atoms with Crippen LogP contribution in [0.25, 0.3) is 0 Å². The molecule has 0 unspecified atom stereocenters. The van der Waals surface area contributed by atoms with Crippen molar-refractivity contribution in [1.29, 1.82) is 0 Å². The Bertz CT molecular complexity index is 1080. The molecule has 3 aromatic rings. The Labute approximate surface area is 195 Å². The molecule has 0 aliphatic heterocycles. The number of benzene rings is 3. The molecule has 6 nitrogen and oxygen atoms in total. The van der Waals surface area contributed by atoms with Gasteiger partial charge in [0.2, 0.25) is 0 Å². The first-order valence-corrected chi connectivity index (χ1v) is 10.5. The number of carbonyl (C=O) groups is 1. The first kappa shape index (κ1) is 23.4. The number of carboxylic acids is 1. The predicted molar refractivity (Wildman–Crippen MR) is 124 cm³/mol. The maximum atomic E-state index is 11.5. The summed E-state index contributed by atoms with van der Waals surface area (Å²) in [6.07, 6.45) is 0.438. The first-order valence-electron chi connectivity index (χ1n) is 9.71. The van der Waals surface area contributed by atoms with E-state index in [4.69, 9.17) is 32.7 Å². The SMILES string of the molecule is CO/N=C(/C(=O)O)c1ccccc1CCOc1cc(Cl)c(OCc2ccccc2)c(Cl)c1. The largest absolute Gasteiger partial charge is 0.493 e. The molecule has 0 fully saturated rings. The summed E-state index contributed by atoms with van der Waals surface area (Å²) in [7, 11) is 1.30. The monoisotopic (exact) mass is 473 g/mol. The Hall–Kier alpha value is -3.22. The summed E-state index contributed by atoms with van der Waals surface area (Å²) < 4.78 is 11.6. The molecule has 32 heavy (non-hydrogen) atoms. The number of rotatable bonds is 10. The average molecular weight is 474 g/mol. The zero-order valence-electron chi connectivity index (χ0n) is 17.3. The fourth-order valence-electron chi connectivity index (χ4n) is 3.03. The Balaban J connectivity index is 1.66. The van der Waals surface area contributed by atoms with Crippen LogP contribution in [0, 0.1) is 0 Å². The zero-order chi connectivity index (χ0) is 22.9. The summed E-state index contributed by atoms with van der Waals surface area (Å²) in [5.74, 6) is -0.310. The fraction of sp³-hybridized carbons (Fsp3) is 0.167. The lowest BCUT2D eigenvalue weighted by Crippen LogP contribution is -2.17. The van der Waals surface area contributed by atoms with Gasteiger partial charge in [-0.3, -0.25) is 0 Å². The zero-order valence-corrected chi connectivity index (χ0v) is 18.8. The van der Waals surface area contributed by atoms with Crippen LogP contribution in [0.4, 0.5) is 0 Å². The van der Waals surface area contributed by atoms with Crippen LogP contribution in [-0.4, -0.2) is 30.5 Å². The quantitative estimate of drug-likeness (QED) is 0.305. The molecule has 1 N–H and O–H groups in total. The van der Waals surface area contributed by atoms with Gasteiger partial charge in [0.25, 0.3) is 0 Å². The lowest BCUT2D eigenvalue weighted by Gasteiger charge is -2.13. The van der Waals surface area contributed by atoms with Gasteiger partial charge in [-0.05, 0) is 11.1 Å². The van der Waals surface area contributed by atoms with Gasteiger partial charge < -0.3 is 19.4 Å². The number of halogens is 2. The minimum Gasteiger partial charge on any atom is -0.493 e. The van der Waals surface area contributed by atoms with Crippen molar-refractivity contribution < 1.29 is 24.2 Å². The van der Waals surface area contributed by atoms with E-state index < -0.39 is 5.97 Å². The second-order valence-corrected chi connectivity index (χ2v) is 7.49. The molecule has 0 saturated heterocycles. The number of nitrogens with zero attached hydrogens (tertiary/aromatic N) is 1. The molecule has 0 bridgehead atoms. The molecular weight excluding hydrogens is 453 g/mol. The van der Waals surface area contributed by atoms with Gasteiger partial charge in [-0.15, -0.1) is 0 Å². The van der Waals surface area contributed by atoms with Crippen molar-refractivity contribution in [1.82, 2.24) is 0 Å². The van der Waals surface area contributed by atoms with Crippen molar-refractivity contribution in [2.24, 2.45) is 5.16 Å². The lowest BCUT2D eigenvalue weighted by atomic mass is 10.0. The highest BCUT2D eigenvalue weighted by Crippen LogP contribution is 2.37. The molecule has 0 spiro atoms. The van der Waals surface area contributed by atoms with Crippen molar-refractivity contribution in [3.8, 4) is 11.5 Å². The smallest absolute Gasteiger partial charge is 0.358 e. The van der Waals surface area contributed by atoms with E-state index in [0.717, 1.165) is 11.1 Å². The molecule has 0 heterocycles. The minimum absolute atomic E-state index is 0.172. The molecule has 0 aliphatic rings. The van der Waals surface area contributed by atoms with Gasteiger partial charge in [0.15, 0.2) is 11.5 Å². The van der Waals surface area contributed by atoms with Gasteiger partial charge in [-0.1, -0.05) is 83.0 Å². The summed E-state index contributed by atoms with van der Waals surface area (Å²) in [6.45, 7) is 0.611. The second-order valence-electron chi connectivity index (χ2n) is 6.67. The summed E-state index contributed by atoms with van der Waals surface area (Å²) in [5.41, 5.74) is 2.04. The maximum Gasteiger partial charge on any atom is 0.358 e. The minimum atomic E-state index is -1.18. The van der Waals surface area contributed by atoms with Crippen LogP contribution in [0.15, 0.2) is 71.9 Å². The van der Waals surface area contributed by atoms with Gasteiger partial charge in [0.1, 0.15) is 19.5 Å². The van der Waals surface area contributed by atoms with Crippen LogP contribution >= 0.6 is 23.2 Å². The first-order chi connectivity index (χ1) is 15.5. The molecule has 0 radical (unpaired) electrons. The maximum absolute atomic E-state index is 11.5. The van der Waals surface area contributed by atoms with Crippen LogP contribution in [0.1, 0.15) is 16.7 Å². The summed E-state index contributed by atoms with van der Waals surface area (Å²) >= 11 is 12.7. The van der Waals surface area contributed by atoms with E-state index in [1.165, 1.54) is 7.11 Å². The van der Waals surface area contributed by atoms with Crippen molar-refractivity contribution >= 4 is 34.9 Å². The Morgan fingerprint density at radius 1 is 0.969 bits per heavy atom. The fourth-order valence-corrected chi connectivity index (χ4v) is 3.61. The van der Waals surface area contributed by atoms with Gasteiger partial charge in [-0.2, -0.15) is 0 Å². The number of hydrogen-bond donors (Lipinski definition) is 1. The molecule has 0 aliphatic carbocycles. The standard InChI is InChI=1S/C24H21Cl2NO5/c1-30-27-22(24(28)29)19-10-6-5-9-17(19)11-12-31-18-13-20(25)23(21(26)14-18)32-15-16-7-3-2-4-8-16/h2-10,13-14H,11-12,15H2,1H3,(H,28,29)/b27-22+. The van der Waals surface area contributed by atoms with E-state index in [1.807, 2.05) is 42.5 Å². The third-order valence-electron chi connectivity index (χ3n) is 4.50. The number of hydrogen-bond acceptors (Lipinski definition) is 5. The average Bonchev–Trinajstić information content (AvgIpc) is 2.78. The van der Waals surface area contributed by atoms with E-state index >= 15 is 0 Å². The Morgan fingerprint density at radius 3 is 2.28 bits per heavy atom. The third-order valence-corrected chi connectivity index (χ3v) is 5.06. The van der Waals surface area contributed by atoms with Crippen molar-refractivity contribution in [2.45, 2.75) is 13.0 Å². The number of ether oxygens (including phenoxy) is 2. The van der Waals surface area contributed by atoms with Crippen LogP contribution < -0.4 is 9.47 Å². The molecule has 166 valence electrons. The van der Waals surface area contributed by atoms with E-state index in [0.29, 0.717) is 40.1 Å². The molecular formula is C24H21Cl2NO5. The van der Waals surface area contributed by atoms with Gasteiger partial charge >= 0.3 is 5.97 Å². The molecule has 0 aromatic heterocycles. The van der Waals surface area contributed by atoms with Crippen LogP contribution in [0.5, 0.6) is 11.5 Å². The van der Waals surface area contributed by atoms with Crippen LogP contribution in [0.2, 0.25) is 10.0 Å². The van der Waals surface area contributed by atoms with E-state index in [9.17, 15) is 9.90 Å². The Kier molecular flexibility index (Phi) is 8.36. The molecule has 0 atom stereocenters. The van der Waals surface area contributed by atoms with Crippen molar-refractivity contribution in [2.75, 3.05) is 13.7 Å². The summed E-state index contributed by atoms with van der Waals surface area (Å²) in [4.78, 5) is 16.2. The van der Waals surface area contributed by atoms with Gasteiger partial charge in [0.05, 0.1) is 16.7 Å². The van der Waals surface area contributed by atoms with E-state index in [1.54, 1.807) is 24.3 Å². The van der Waals surface area contributed by atoms with Crippen LogP contribution in [0.3, 0.4) is 0 Å². The second kappa shape index (κ2) is 11.4. The summed E-state index contributed by atoms with van der Waals surface area (Å²) in [5, 5.41) is 13.7. The molecule has 0 amide bonds. The van der Waals surface area contributed by atoms with Gasteiger partial charge in [0, 0.05) is 24.1 Å². The number of oxime groups is 1. The normalized spacial score (nSPS) is 11.2. The van der Waals surface area contributed by atoms with Crippen molar-refractivity contribution in [3.05, 3.63) is 93.5 Å². The highest BCUT2D eigenvalue weighted by molar-refractivity contribution is 6.42. The molecule has 3 rings (SSSR count). The third kappa shape index (κ3) is 6.15. The molecule has 3 aromatic carbocycles. The highest BCUT2D eigenvalue weighted by atomic mass is 35.5. The number of aliphatic carboxylic acids is 1. The molecule has 0 saturated carbocycles. The highest BCUT2D eigenvalue weighted by Gasteiger charge is 2.17. The van der Waals surface area contributed by atoms with E-state index in [2.05, 4.69) is 9.99 Å². The van der Waals surface area contributed by atoms with E-state index in [-0.39, 0.29) is 12.3 Å². The lowest BCUT2D eigenvalue weighted by molar-refractivity contribution is -0.129.